The van der Waals surface area contributed by atoms with Crippen molar-refractivity contribution in [3.63, 3.8) is 0 Å². The van der Waals surface area contributed by atoms with Crippen LogP contribution < -0.4 is 11.1 Å². The number of nitrogens with zero attached hydrogens (tertiary/aromatic N) is 2. The Kier molecular flexibility index (Phi) is 3.21. The summed E-state index contributed by atoms with van der Waals surface area (Å²) in [5, 5.41) is 14.3. The van der Waals surface area contributed by atoms with Crippen molar-refractivity contribution in [1.29, 1.82) is 0 Å². The fourth-order valence-electron chi connectivity index (χ4n) is 2.18. The molecule has 1 aromatic rings. The van der Waals surface area contributed by atoms with E-state index in [1.165, 1.54) is 0 Å². The van der Waals surface area contributed by atoms with Gasteiger partial charge in [0, 0.05) is 18.3 Å². The van der Waals surface area contributed by atoms with E-state index >= 15 is 0 Å². The Morgan fingerprint density at radius 2 is 2.33 bits per heavy atom. The Morgan fingerprint density at radius 1 is 1.67 bits per heavy atom. The summed E-state index contributed by atoms with van der Waals surface area (Å²) in [6.45, 7) is 4.14. The normalized spacial score (nSPS) is 18.2. The maximum absolute atomic E-state index is 11.1. The highest BCUT2D eigenvalue weighted by molar-refractivity contribution is 5.61. The summed E-state index contributed by atoms with van der Waals surface area (Å²) in [5.74, 6) is 0.796. The van der Waals surface area contributed by atoms with Crippen LogP contribution in [0.1, 0.15) is 25.3 Å². The summed E-state index contributed by atoms with van der Waals surface area (Å²) in [5.41, 5.74) is 6.13. The molecule has 1 atom stereocenters. The number of hydrogen-bond donors (Lipinski definition) is 2. The lowest BCUT2D eigenvalue weighted by molar-refractivity contribution is -0.384. The van der Waals surface area contributed by atoms with Crippen molar-refractivity contribution in [2.45, 2.75) is 32.2 Å². The molecule has 1 aliphatic rings. The van der Waals surface area contributed by atoms with Crippen LogP contribution in [-0.2, 0) is 0 Å². The molecule has 1 unspecified atom stereocenters. The fraction of sp³-hybridized carbons (Fsp3) is 0.583. The van der Waals surface area contributed by atoms with Crippen molar-refractivity contribution < 1.29 is 4.92 Å². The second kappa shape index (κ2) is 4.53. The summed E-state index contributed by atoms with van der Waals surface area (Å²) in [4.78, 5) is 14.8. The summed E-state index contributed by atoms with van der Waals surface area (Å²) < 4.78 is 0. The van der Waals surface area contributed by atoms with Crippen LogP contribution in [0.4, 0.5) is 11.5 Å². The lowest BCUT2D eigenvalue weighted by Crippen LogP contribution is -2.45. The van der Waals surface area contributed by atoms with E-state index < -0.39 is 4.92 Å². The SMILES string of the molecule is Cc1ccnc(NC(C)(CN)C2CC2)c1[N+](=O)[O-]. The van der Waals surface area contributed by atoms with Gasteiger partial charge in [-0.15, -0.1) is 0 Å². The molecule has 6 heteroatoms. The van der Waals surface area contributed by atoms with Gasteiger partial charge in [0.25, 0.3) is 0 Å². The smallest absolute Gasteiger partial charge is 0.314 e. The molecule has 1 aromatic heterocycles. The molecule has 3 N–H and O–H groups in total. The first-order valence-electron chi connectivity index (χ1n) is 6.06. The van der Waals surface area contributed by atoms with Gasteiger partial charge < -0.3 is 11.1 Å². The molecule has 98 valence electrons. The van der Waals surface area contributed by atoms with Crippen molar-refractivity contribution in [3.05, 3.63) is 27.9 Å². The van der Waals surface area contributed by atoms with Crippen molar-refractivity contribution >= 4 is 11.5 Å². The molecule has 0 saturated heterocycles. The van der Waals surface area contributed by atoms with Gasteiger partial charge in [-0.25, -0.2) is 4.98 Å². The highest BCUT2D eigenvalue weighted by Gasteiger charge is 2.41. The van der Waals surface area contributed by atoms with Crippen LogP contribution in [0.2, 0.25) is 0 Å². The number of pyridine rings is 1. The van der Waals surface area contributed by atoms with Crippen LogP contribution in [0.25, 0.3) is 0 Å². The first-order chi connectivity index (χ1) is 8.48. The third-order valence-electron chi connectivity index (χ3n) is 3.61. The van der Waals surface area contributed by atoms with Gasteiger partial charge >= 0.3 is 5.69 Å². The van der Waals surface area contributed by atoms with Crippen molar-refractivity contribution in [2.24, 2.45) is 11.7 Å². The second-order valence-electron chi connectivity index (χ2n) is 5.10. The molecule has 0 radical (unpaired) electrons. The first kappa shape index (κ1) is 12.8. The molecular formula is C12H18N4O2. The maximum atomic E-state index is 11.1. The predicted octanol–water partition coefficient (Wildman–Crippen LogP) is 1.84. The van der Waals surface area contributed by atoms with E-state index in [4.69, 9.17) is 5.73 Å². The van der Waals surface area contributed by atoms with Crippen LogP contribution in [-0.4, -0.2) is 22.0 Å². The predicted molar refractivity (Wildman–Crippen MR) is 69.4 cm³/mol. The molecule has 0 bridgehead atoms. The minimum absolute atomic E-state index is 0.0397. The van der Waals surface area contributed by atoms with E-state index in [1.807, 2.05) is 6.92 Å². The monoisotopic (exact) mass is 250 g/mol. The largest absolute Gasteiger partial charge is 0.358 e. The molecule has 1 saturated carbocycles. The van der Waals surface area contributed by atoms with Crippen LogP contribution in [0.15, 0.2) is 12.3 Å². The molecule has 6 nitrogen and oxygen atoms in total. The zero-order valence-electron chi connectivity index (χ0n) is 10.6. The highest BCUT2D eigenvalue weighted by atomic mass is 16.6. The Hall–Kier alpha value is -1.69. The van der Waals surface area contributed by atoms with Gasteiger partial charge in [0.2, 0.25) is 5.82 Å². The number of nitrogens with two attached hydrogens (primary N) is 1. The summed E-state index contributed by atoms with van der Waals surface area (Å²) in [7, 11) is 0. The molecular weight excluding hydrogens is 232 g/mol. The van der Waals surface area contributed by atoms with Crippen LogP contribution in [0.5, 0.6) is 0 Å². The third-order valence-corrected chi connectivity index (χ3v) is 3.61. The molecule has 1 heterocycles. The Morgan fingerprint density at radius 3 is 2.83 bits per heavy atom. The van der Waals surface area contributed by atoms with Crippen LogP contribution in [0, 0.1) is 23.0 Å². The fourth-order valence-corrected chi connectivity index (χ4v) is 2.18. The summed E-state index contributed by atoms with van der Waals surface area (Å²) >= 11 is 0. The number of nitro groups is 1. The minimum Gasteiger partial charge on any atom is -0.358 e. The van der Waals surface area contributed by atoms with Gasteiger partial charge in [-0.3, -0.25) is 10.1 Å². The maximum Gasteiger partial charge on any atom is 0.314 e. The topological polar surface area (TPSA) is 94.1 Å². The average Bonchev–Trinajstić information content (AvgIpc) is 3.12. The van der Waals surface area contributed by atoms with Gasteiger partial charge in [0.15, 0.2) is 0 Å². The van der Waals surface area contributed by atoms with Gasteiger partial charge in [-0.1, -0.05) is 0 Å². The van der Waals surface area contributed by atoms with E-state index in [0.29, 0.717) is 23.8 Å². The molecule has 18 heavy (non-hydrogen) atoms. The minimum atomic E-state index is -0.394. The average molecular weight is 250 g/mol. The Labute approximate surface area is 106 Å². The second-order valence-corrected chi connectivity index (χ2v) is 5.10. The Balaban J connectivity index is 2.33. The quantitative estimate of drug-likeness (QED) is 0.614. The lowest BCUT2D eigenvalue weighted by atomic mass is 9.96. The third kappa shape index (κ3) is 2.28. The molecule has 0 spiro atoms. The van der Waals surface area contributed by atoms with Gasteiger partial charge in [-0.05, 0) is 38.7 Å². The standard InChI is InChI=1S/C12H18N4O2/c1-8-5-6-14-11(10(8)16(17)18)15-12(2,7-13)9-3-4-9/h5-6,9H,3-4,7,13H2,1-2H3,(H,14,15). The van der Waals surface area contributed by atoms with Gasteiger partial charge in [0.1, 0.15) is 0 Å². The van der Waals surface area contributed by atoms with Crippen LogP contribution >= 0.6 is 0 Å². The van der Waals surface area contributed by atoms with E-state index in [2.05, 4.69) is 10.3 Å². The highest BCUT2D eigenvalue weighted by Crippen LogP contribution is 2.41. The lowest BCUT2D eigenvalue weighted by Gasteiger charge is -2.29. The van der Waals surface area contributed by atoms with E-state index in [-0.39, 0.29) is 11.2 Å². The van der Waals surface area contributed by atoms with Crippen molar-refractivity contribution in [2.75, 3.05) is 11.9 Å². The van der Waals surface area contributed by atoms with Gasteiger partial charge in [-0.2, -0.15) is 0 Å². The first-order valence-corrected chi connectivity index (χ1v) is 6.06. The molecule has 1 aliphatic carbocycles. The molecule has 0 aliphatic heterocycles. The van der Waals surface area contributed by atoms with Crippen molar-refractivity contribution in [1.82, 2.24) is 4.98 Å². The molecule has 0 aromatic carbocycles. The number of nitrogens with one attached hydrogen (secondary N) is 1. The molecule has 0 amide bonds. The number of aryl methyl sites for hydroxylation is 1. The number of hydrogen-bond acceptors (Lipinski definition) is 5. The van der Waals surface area contributed by atoms with Crippen LogP contribution in [0.3, 0.4) is 0 Å². The zero-order valence-corrected chi connectivity index (χ0v) is 10.6. The van der Waals surface area contributed by atoms with E-state index in [1.54, 1.807) is 19.2 Å². The van der Waals surface area contributed by atoms with Gasteiger partial charge in [0.05, 0.1) is 10.5 Å². The molecule has 1 fully saturated rings. The molecule has 2 rings (SSSR count). The Bertz CT molecular complexity index is 473. The van der Waals surface area contributed by atoms with Crippen molar-refractivity contribution in [3.8, 4) is 0 Å². The van der Waals surface area contributed by atoms with E-state index in [0.717, 1.165) is 12.8 Å². The number of aromatic nitrogens is 1. The zero-order chi connectivity index (χ0) is 13.3. The summed E-state index contributed by atoms with van der Waals surface area (Å²) in [6, 6.07) is 1.64. The number of rotatable bonds is 5. The number of anilines is 1. The summed E-state index contributed by atoms with van der Waals surface area (Å²) in [6.07, 6.45) is 3.80. The van der Waals surface area contributed by atoms with E-state index in [9.17, 15) is 10.1 Å².